The number of nitrogens with one attached hydrogen (secondary N) is 1. The number of ether oxygens (including phenoxy) is 1. The average molecular weight is 285 g/mol. The van der Waals surface area contributed by atoms with Crippen LogP contribution in [0.2, 0.25) is 0 Å². The van der Waals surface area contributed by atoms with Crippen molar-refractivity contribution >= 4 is 0 Å². The fourth-order valence-corrected chi connectivity index (χ4v) is 2.20. The van der Waals surface area contributed by atoms with Crippen LogP contribution in [0.15, 0.2) is 42.5 Å². The number of hydrogen-bond donors (Lipinski definition) is 2. The third-order valence-electron chi connectivity index (χ3n) is 3.32. The Labute approximate surface area is 126 Å². The molecular formula is C18H23NO2. The molecule has 0 saturated heterocycles. The molecule has 0 bridgehead atoms. The van der Waals surface area contributed by atoms with Crippen molar-refractivity contribution in [2.75, 3.05) is 6.54 Å². The van der Waals surface area contributed by atoms with Crippen molar-refractivity contribution in [2.24, 2.45) is 0 Å². The molecule has 0 amide bonds. The number of benzene rings is 2. The maximum Gasteiger partial charge on any atom is 0.132 e. The second-order valence-corrected chi connectivity index (χ2v) is 5.16. The maximum atomic E-state index is 9.39. The third kappa shape index (κ3) is 4.31. The fraction of sp³-hybridized carbons (Fsp3) is 0.333. The minimum atomic E-state index is -0.0224. The molecule has 0 heterocycles. The van der Waals surface area contributed by atoms with E-state index in [0.717, 1.165) is 36.4 Å². The van der Waals surface area contributed by atoms with E-state index in [1.165, 1.54) is 5.56 Å². The molecule has 0 radical (unpaired) electrons. The highest BCUT2D eigenvalue weighted by Gasteiger charge is 2.08. The predicted molar refractivity (Wildman–Crippen MR) is 85.6 cm³/mol. The zero-order chi connectivity index (χ0) is 15.1. The molecule has 3 heteroatoms. The highest BCUT2D eigenvalue weighted by molar-refractivity contribution is 5.42. The smallest absolute Gasteiger partial charge is 0.132 e. The standard InChI is InChI=1S/C18H23NO2/c1-3-10-19-12-16-11-14(2)8-9-18(16)21-17-7-5-4-6-15(17)13-20/h4-9,11,19-20H,3,10,12-13H2,1-2H3. The number of aliphatic hydroxyl groups excluding tert-OH is 1. The predicted octanol–water partition coefficient (Wildman–Crippen LogP) is 3.78. The lowest BCUT2D eigenvalue weighted by atomic mass is 10.1. The number of para-hydroxylation sites is 1. The van der Waals surface area contributed by atoms with Crippen LogP contribution < -0.4 is 10.1 Å². The molecule has 0 aromatic heterocycles. The molecule has 2 rings (SSSR count). The molecule has 3 nitrogen and oxygen atoms in total. The minimum absolute atomic E-state index is 0.0224. The molecular weight excluding hydrogens is 262 g/mol. The Hall–Kier alpha value is -1.84. The first-order valence-electron chi connectivity index (χ1n) is 7.41. The van der Waals surface area contributed by atoms with Gasteiger partial charge in [0.05, 0.1) is 6.61 Å². The second kappa shape index (κ2) is 7.81. The van der Waals surface area contributed by atoms with Gasteiger partial charge < -0.3 is 15.2 Å². The lowest BCUT2D eigenvalue weighted by Gasteiger charge is -2.14. The maximum absolute atomic E-state index is 9.39. The first-order valence-corrected chi connectivity index (χ1v) is 7.41. The molecule has 0 saturated carbocycles. The summed E-state index contributed by atoms with van der Waals surface area (Å²) in [5, 5.41) is 12.8. The monoisotopic (exact) mass is 285 g/mol. The van der Waals surface area contributed by atoms with Gasteiger partial charge in [-0.1, -0.05) is 42.8 Å². The summed E-state index contributed by atoms with van der Waals surface area (Å²) in [7, 11) is 0. The van der Waals surface area contributed by atoms with Gasteiger partial charge in [0.1, 0.15) is 11.5 Å². The molecule has 0 aliphatic carbocycles. The van der Waals surface area contributed by atoms with Crippen LogP contribution in [0.5, 0.6) is 11.5 Å². The first-order chi connectivity index (χ1) is 10.2. The summed E-state index contributed by atoms with van der Waals surface area (Å²) < 4.78 is 6.02. The van der Waals surface area contributed by atoms with Gasteiger partial charge in [-0.05, 0) is 32.0 Å². The zero-order valence-electron chi connectivity index (χ0n) is 12.7. The van der Waals surface area contributed by atoms with Crippen LogP contribution in [0.3, 0.4) is 0 Å². The Kier molecular flexibility index (Phi) is 5.78. The summed E-state index contributed by atoms with van der Waals surface area (Å²) in [5.41, 5.74) is 3.15. The molecule has 2 aromatic rings. The number of aliphatic hydroxyl groups is 1. The van der Waals surface area contributed by atoms with Crippen LogP contribution in [0.1, 0.15) is 30.0 Å². The van der Waals surface area contributed by atoms with Crippen molar-refractivity contribution in [3.63, 3.8) is 0 Å². The van der Waals surface area contributed by atoms with E-state index in [4.69, 9.17) is 4.74 Å². The highest BCUT2D eigenvalue weighted by atomic mass is 16.5. The van der Waals surface area contributed by atoms with E-state index in [1.54, 1.807) is 0 Å². The van der Waals surface area contributed by atoms with Crippen LogP contribution in [0, 0.1) is 6.92 Å². The topological polar surface area (TPSA) is 41.5 Å². The Morgan fingerprint density at radius 3 is 2.57 bits per heavy atom. The third-order valence-corrected chi connectivity index (χ3v) is 3.32. The Morgan fingerprint density at radius 2 is 1.81 bits per heavy atom. The summed E-state index contributed by atoms with van der Waals surface area (Å²) >= 11 is 0. The lowest BCUT2D eigenvalue weighted by Crippen LogP contribution is -2.14. The van der Waals surface area contributed by atoms with Crippen molar-refractivity contribution in [1.29, 1.82) is 0 Å². The SMILES string of the molecule is CCCNCc1cc(C)ccc1Oc1ccccc1CO. The van der Waals surface area contributed by atoms with Crippen LogP contribution in [-0.4, -0.2) is 11.7 Å². The van der Waals surface area contributed by atoms with Gasteiger partial charge in [0.2, 0.25) is 0 Å². The fourth-order valence-electron chi connectivity index (χ4n) is 2.20. The second-order valence-electron chi connectivity index (χ2n) is 5.16. The van der Waals surface area contributed by atoms with Crippen molar-refractivity contribution in [2.45, 2.75) is 33.4 Å². The largest absolute Gasteiger partial charge is 0.457 e. The van der Waals surface area contributed by atoms with Gasteiger partial charge in [-0.15, -0.1) is 0 Å². The Bertz CT molecular complexity index is 581. The molecule has 0 fully saturated rings. The first kappa shape index (κ1) is 15.5. The number of aryl methyl sites for hydroxylation is 1. The zero-order valence-corrected chi connectivity index (χ0v) is 12.7. The quantitative estimate of drug-likeness (QED) is 0.761. The summed E-state index contributed by atoms with van der Waals surface area (Å²) in [6.45, 7) is 5.98. The molecule has 2 aromatic carbocycles. The minimum Gasteiger partial charge on any atom is -0.457 e. The summed E-state index contributed by atoms with van der Waals surface area (Å²) in [5.74, 6) is 1.55. The summed E-state index contributed by atoms with van der Waals surface area (Å²) in [6, 6.07) is 13.7. The molecule has 0 aliphatic heterocycles. The van der Waals surface area contributed by atoms with Gasteiger partial charge >= 0.3 is 0 Å². The van der Waals surface area contributed by atoms with Crippen LogP contribution >= 0.6 is 0 Å². The summed E-state index contributed by atoms with van der Waals surface area (Å²) in [4.78, 5) is 0. The van der Waals surface area contributed by atoms with Crippen LogP contribution in [0.4, 0.5) is 0 Å². The average Bonchev–Trinajstić information content (AvgIpc) is 2.50. The van der Waals surface area contributed by atoms with E-state index >= 15 is 0 Å². The van der Waals surface area contributed by atoms with Gasteiger partial charge in [-0.2, -0.15) is 0 Å². The van der Waals surface area contributed by atoms with E-state index in [0.29, 0.717) is 5.75 Å². The van der Waals surface area contributed by atoms with E-state index in [2.05, 4.69) is 25.2 Å². The van der Waals surface area contributed by atoms with Crippen molar-refractivity contribution in [1.82, 2.24) is 5.32 Å². The van der Waals surface area contributed by atoms with Crippen LogP contribution in [0.25, 0.3) is 0 Å². The summed E-state index contributed by atoms with van der Waals surface area (Å²) in [6.07, 6.45) is 1.11. The molecule has 112 valence electrons. The molecule has 0 atom stereocenters. The van der Waals surface area contributed by atoms with Gasteiger partial charge in [-0.3, -0.25) is 0 Å². The van der Waals surface area contributed by atoms with Crippen LogP contribution in [-0.2, 0) is 13.2 Å². The van der Waals surface area contributed by atoms with Gasteiger partial charge in [0, 0.05) is 17.7 Å². The van der Waals surface area contributed by atoms with E-state index in [1.807, 2.05) is 36.4 Å². The van der Waals surface area contributed by atoms with E-state index in [-0.39, 0.29) is 6.61 Å². The van der Waals surface area contributed by atoms with E-state index in [9.17, 15) is 5.11 Å². The Morgan fingerprint density at radius 1 is 1.05 bits per heavy atom. The molecule has 0 aliphatic rings. The molecule has 0 unspecified atom stereocenters. The van der Waals surface area contributed by atoms with Crippen molar-refractivity contribution < 1.29 is 9.84 Å². The normalized spacial score (nSPS) is 10.6. The number of hydrogen-bond acceptors (Lipinski definition) is 3. The molecule has 2 N–H and O–H groups in total. The highest BCUT2D eigenvalue weighted by Crippen LogP contribution is 2.29. The molecule has 0 spiro atoms. The Balaban J connectivity index is 2.22. The lowest BCUT2D eigenvalue weighted by molar-refractivity contribution is 0.276. The van der Waals surface area contributed by atoms with Gasteiger partial charge in [0.15, 0.2) is 0 Å². The van der Waals surface area contributed by atoms with Crippen molar-refractivity contribution in [3.8, 4) is 11.5 Å². The number of rotatable bonds is 7. The molecule has 21 heavy (non-hydrogen) atoms. The van der Waals surface area contributed by atoms with Gasteiger partial charge in [0.25, 0.3) is 0 Å². The van der Waals surface area contributed by atoms with Gasteiger partial charge in [-0.25, -0.2) is 0 Å². The van der Waals surface area contributed by atoms with E-state index < -0.39 is 0 Å². The van der Waals surface area contributed by atoms with Crippen molar-refractivity contribution in [3.05, 3.63) is 59.2 Å².